The zero-order valence-corrected chi connectivity index (χ0v) is 27.0. The van der Waals surface area contributed by atoms with Gasteiger partial charge in [-0.1, -0.05) is 146 Å². The van der Waals surface area contributed by atoms with Crippen LogP contribution in [0.3, 0.4) is 0 Å². The van der Waals surface area contributed by atoms with Gasteiger partial charge in [-0.3, -0.25) is 0 Å². The van der Waals surface area contributed by atoms with E-state index >= 15 is 0 Å². The molecule has 0 saturated heterocycles. The van der Waals surface area contributed by atoms with Crippen molar-refractivity contribution in [1.82, 2.24) is 5.32 Å². The van der Waals surface area contributed by atoms with E-state index in [1.165, 1.54) is 0 Å². The molecular formula is C45H31N3O2. The van der Waals surface area contributed by atoms with Gasteiger partial charge in [0.05, 0.1) is 0 Å². The lowest BCUT2D eigenvalue weighted by Crippen LogP contribution is -2.33. The van der Waals surface area contributed by atoms with Crippen molar-refractivity contribution in [3.05, 3.63) is 193 Å². The maximum Gasteiger partial charge on any atom is 0.159 e. The van der Waals surface area contributed by atoms with Gasteiger partial charge in [-0.2, -0.15) is 0 Å². The third kappa shape index (κ3) is 5.71. The minimum atomic E-state index is -0.228. The number of hydrogen-bond acceptors (Lipinski definition) is 5. The highest BCUT2D eigenvalue weighted by molar-refractivity contribution is 6.13. The quantitative estimate of drug-likeness (QED) is 0.188. The Bertz CT molecular complexity index is 2500. The fourth-order valence-corrected chi connectivity index (χ4v) is 6.47. The summed E-state index contributed by atoms with van der Waals surface area (Å²) in [6, 6.07) is 59.6. The predicted octanol–water partition coefficient (Wildman–Crippen LogP) is 11.2. The number of fused-ring (bicyclic) bond motifs is 3. The van der Waals surface area contributed by atoms with Crippen molar-refractivity contribution < 1.29 is 9.15 Å². The van der Waals surface area contributed by atoms with Crippen molar-refractivity contribution in [3.63, 3.8) is 0 Å². The molecule has 1 aliphatic heterocycles. The van der Waals surface area contributed by atoms with E-state index in [9.17, 15) is 0 Å². The number of rotatable bonds is 7. The molecule has 5 heteroatoms. The van der Waals surface area contributed by atoms with Gasteiger partial charge in [0.2, 0.25) is 0 Å². The van der Waals surface area contributed by atoms with Crippen molar-refractivity contribution in [2.45, 2.75) is 6.17 Å². The number of nitrogens with zero attached hydrogens (tertiary/aromatic N) is 2. The summed E-state index contributed by atoms with van der Waals surface area (Å²) in [6.45, 7) is 0. The SMILES string of the molecule is c1ccc(C2=NC(c3ccc(-c4ccc(Oc5ccc(-c6cccc7c6oc6ccccc67)cc5)cc4)cc3)=NC(c3ccccc3)N2)cc1. The van der Waals surface area contributed by atoms with E-state index in [2.05, 4.69) is 102 Å². The number of aliphatic imine (C=N–C) groups is 2. The number of furan rings is 1. The number of para-hydroxylation sites is 2. The summed E-state index contributed by atoms with van der Waals surface area (Å²) in [4.78, 5) is 9.92. The predicted molar refractivity (Wildman–Crippen MR) is 203 cm³/mol. The molecule has 0 saturated carbocycles. The first-order valence-corrected chi connectivity index (χ1v) is 16.7. The van der Waals surface area contributed by atoms with Crippen LogP contribution < -0.4 is 10.1 Å². The minimum absolute atomic E-state index is 0.228. The average molecular weight is 646 g/mol. The van der Waals surface area contributed by atoms with Gasteiger partial charge in [-0.05, 0) is 52.6 Å². The van der Waals surface area contributed by atoms with Crippen LogP contribution in [-0.4, -0.2) is 11.7 Å². The summed E-state index contributed by atoms with van der Waals surface area (Å²) >= 11 is 0. The van der Waals surface area contributed by atoms with Crippen molar-refractivity contribution in [2.24, 2.45) is 9.98 Å². The Morgan fingerprint density at radius 1 is 0.480 bits per heavy atom. The van der Waals surface area contributed by atoms with E-state index in [1.54, 1.807) is 0 Å². The highest BCUT2D eigenvalue weighted by Crippen LogP contribution is 2.36. The minimum Gasteiger partial charge on any atom is -0.457 e. The molecule has 1 N–H and O–H groups in total. The lowest BCUT2D eigenvalue weighted by Gasteiger charge is -2.23. The Morgan fingerprint density at radius 3 is 1.78 bits per heavy atom. The molecule has 5 nitrogen and oxygen atoms in total. The molecular weight excluding hydrogens is 615 g/mol. The van der Waals surface area contributed by atoms with Crippen LogP contribution in [0.5, 0.6) is 11.5 Å². The number of amidine groups is 2. The highest BCUT2D eigenvalue weighted by atomic mass is 16.5. The summed E-state index contributed by atoms with van der Waals surface area (Å²) in [6.07, 6.45) is -0.228. The van der Waals surface area contributed by atoms with Gasteiger partial charge in [0, 0.05) is 27.5 Å². The normalized spacial score (nSPS) is 14.2. The van der Waals surface area contributed by atoms with E-state index in [1.807, 2.05) is 78.9 Å². The summed E-state index contributed by atoms with van der Waals surface area (Å²) in [7, 11) is 0. The molecule has 1 unspecified atom stereocenters. The molecule has 2 heterocycles. The van der Waals surface area contributed by atoms with Crippen LogP contribution >= 0.6 is 0 Å². The van der Waals surface area contributed by atoms with E-state index in [0.717, 1.165) is 78.2 Å². The van der Waals surface area contributed by atoms with Crippen LogP contribution in [0.25, 0.3) is 44.2 Å². The van der Waals surface area contributed by atoms with E-state index < -0.39 is 0 Å². The summed E-state index contributed by atoms with van der Waals surface area (Å²) in [5.41, 5.74) is 9.21. The first kappa shape index (κ1) is 29.4. The fourth-order valence-electron chi connectivity index (χ4n) is 6.47. The maximum atomic E-state index is 6.25. The number of hydrogen-bond donors (Lipinski definition) is 1. The molecule has 0 bridgehead atoms. The third-order valence-electron chi connectivity index (χ3n) is 9.04. The third-order valence-corrected chi connectivity index (χ3v) is 9.04. The lowest BCUT2D eigenvalue weighted by molar-refractivity contribution is 0.483. The van der Waals surface area contributed by atoms with Gasteiger partial charge >= 0.3 is 0 Å². The first-order valence-electron chi connectivity index (χ1n) is 16.7. The molecule has 0 fully saturated rings. The van der Waals surface area contributed by atoms with Crippen LogP contribution in [0.15, 0.2) is 190 Å². The standard InChI is InChI=1S/C45H31N3O2/c1-3-10-33(11-4-1)43-46-44(34-12-5-2-6-13-34)48-45(47-43)35-20-18-30(19-21-35)31-22-26-36(27-23-31)49-37-28-24-32(25-29-37)38-15-9-16-40-39-14-7-8-17-41(39)50-42(38)40/h1-29,43H,(H,46,47,48). The van der Waals surface area contributed by atoms with Gasteiger partial charge in [0.25, 0.3) is 0 Å². The Morgan fingerprint density at radius 2 is 1.06 bits per heavy atom. The molecule has 0 aliphatic carbocycles. The van der Waals surface area contributed by atoms with Crippen LogP contribution in [-0.2, 0) is 0 Å². The van der Waals surface area contributed by atoms with E-state index in [4.69, 9.17) is 19.1 Å². The number of ether oxygens (including phenoxy) is 1. The van der Waals surface area contributed by atoms with Crippen LogP contribution in [0.1, 0.15) is 22.9 Å². The molecule has 1 aromatic heterocycles. The first-order chi connectivity index (χ1) is 24.7. The second-order valence-electron chi connectivity index (χ2n) is 12.2. The van der Waals surface area contributed by atoms with Crippen molar-refractivity contribution in [2.75, 3.05) is 0 Å². The molecule has 50 heavy (non-hydrogen) atoms. The molecule has 0 radical (unpaired) electrons. The Hall–Kier alpha value is -6.72. The zero-order valence-electron chi connectivity index (χ0n) is 27.0. The van der Waals surface area contributed by atoms with Crippen molar-refractivity contribution >= 4 is 33.6 Å². The summed E-state index contributed by atoms with van der Waals surface area (Å²) in [5.74, 6) is 3.06. The molecule has 238 valence electrons. The van der Waals surface area contributed by atoms with Gasteiger partial charge in [0.1, 0.15) is 34.7 Å². The molecule has 1 atom stereocenters. The van der Waals surface area contributed by atoms with Crippen LogP contribution in [0.2, 0.25) is 0 Å². The Balaban J connectivity index is 0.921. The number of benzene rings is 7. The summed E-state index contributed by atoms with van der Waals surface area (Å²) in [5, 5.41) is 5.76. The zero-order chi connectivity index (χ0) is 33.3. The fraction of sp³-hybridized carbons (Fsp3) is 0.0222. The second kappa shape index (κ2) is 12.7. The van der Waals surface area contributed by atoms with Gasteiger partial charge < -0.3 is 14.5 Å². The molecule has 7 aromatic carbocycles. The van der Waals surface area contributed by atoms with E-state index in [-0.39, 0.29) is 6.17 Å². The number of nitrogens with one attached hydrogen (secondary N) is 1. The van der Waals surface area contributed by atoms with Crippen molar-refractivity contribution in [1.29, 1.82) is 0 Å². The van der Waals surface area contributed by atoms with E-state index in [0.29, 0.717) is 5.84 Å². The molecule has 8 aromatic rings. The van der Waals surface area contributed by atoms with Gasteiger partial charge in [-0.25, -0.2) is 9.98 Å². The monoisotopic (exact) mass is 645 g/mol. The molecule has 0 amide bonds. The smallest absolute Gasteiger partial charge is 0.159 e. The van der Waals surface area contributed by atoms with Gasteiger partial charge in [-0.15, -0.1) is 0 Å². The molecule has 0 spiro atoms. The van der Waals surface area contributed by atoms with Crippen molar-refractivity contribution in [3.8, 4) is 33.8 Å². The average Bonchev–Trinajstić information content (AvgIpc) is 3.58. The maximum absolute atomic E-state index is 6.25. The van der Waals surface area contributed by atoms with Crippen LogP contribution in [0, 0.1) is 0 Å². The second-order valence-corrected chi connectivity index (χ2v) is 12.2. The largest absolute Gasteiger partial charge is 0.457 e. The van der Waals surface area contributed by atoms with Crippen LogP contribution in [0.4, 0.5) is 0 Å². The lowest BCUT2D eigenvalue weighted by atomic mass is 10.0. The van der Waals surface area contributed by atoms with Gasteiger partial charge in [0.15, 0.2) is 5.84 Å². The molecule has 1 aliphatic rings. The topological polar surface area (TPSA) is 59.1 Å². The summed E-state index contributed by atoms with van der Waals surface area (Å²) < 4.78 is 12.5. The Labute approximate surface area is 289 Å². The highest BCUT2D eigenvalue weighted by Gasteiger charge is 2.21. The Kier molecular flexibility index (Phi) is 7.48. The molecule has 9 rings (SSSR count).